The van der Waals surface area contributed by atoms with E-state index in [1.807, 2.05) is 13.8 Å². The summed E-state index contributed by atoms with van der Waals surface area (Å²) < 4.78 is 15.9. The Morgan fingerprint density at radius 3 is 2.71 bits per heavy atom. The van der Waals surface area contributed by atoms with E-state index in [0.717, 1.165) is 10.9 Å². The van der Waals surface area contributed by atoms with Crippen LogP contribution in [0.5, 0.6) is 5.75 Å². The van der Waals surface area contributed by atoms with E-state index in [-0.39, 0.29) is 24.8 Å². The minimum absolute atomic E-state index is 0.199. The molecule has 0 aliphatic carbocycles. The van der Waals surface area contributed by atoms with Gasteiger partial charge in [-0.05, 0) is 25.5 Å². The molecule has 28 heavy (non-hydrogen) atoms. The zero-order chi connectivity index (χ0) is 20.4. The topological polar surface area (TPSA) is 98.7 Å². The number of aromatic nitrogens is 2. The van der Waals surface area contributed by atoms with Crippen molar-refractivity contribution in [1.82, 2.24) is 15.0 Å². The predicted molar refractivity (Wildman–Crippen MR) is 103 cm³/mol. The maximum Gasteiger partial charge on any atom is 0.339 e. The van der Waals surface area contributed by atoms with E-state index in [0.29, 0.717) is 34.3 Å². The Hall–Kier alpha value is -2.87. The standard InChI is InChI=1S/C19H20ClN3O5/c1-5-17-21-16(22-28-17)8-23(4)18(24)9-26-15-7-14-12(6-13(15)20)10(2)11(3)19(25)27-14/h6-7H,5,8-9H2,1-4H3. The van der Waals surface area contributed by atoms with Crippen LogP contribution in [0.15, 0.2) is 25.9 Å². The van der Waals surface area contributed by atoms with Crippen molar-refractivity contribution in [3.05, 3.63) is 50.4 Å². The molecular formula is C19H20ClN3O5. The van der Waals surface area contributed by atoms with E-state index in [1.54, 1.807) is 20.0 Å². The second-order valence-electron chi connectivity index (χ2n) is 6.41. The highest BCUT2D eigenvalue weighted by atomic mass is 35.5. The molecule has 0 atom stereocenters. The molecular weight excluding hydrogens is 386 g/mol. The summed E-state index contributed by atoms with van der Waals surface area (Å²) in [5, 5.41) is 4.86. The fraction of sp³-hybridized carbons (Fsp3) is 0.368. The van der Waals surface area contributed by atoms with Crippen molar-refractivity contribution in [1.29, 1.82) is 0 Å². The molecule has 148 valence electrons. The van der Waals surface area contributed by atoms with Crippen molar-refractivity contribution in [2.75, 3.05) is 13.7 Å². The summed E-state index contributed by atoms with van der Waals surface area (Å²) in [6, 6.07) is 3.18. The fourth-order valence-corrected chi connectivity index (χ4v) is 2.82. The number of carbonyl (C=O) groups is 1. The lowest BCUT2D eigenvalue weighted by molar-refractivity contribution is -0.132. The average Bonchev–Trinajstić information content (AvgIpc) is 3.12. The summed E-state index contributed by atoms with van der Waals surface area (Å²) in [4.78, 5) is 29.8. The molecule has 0 saturated carbocycles. The molecule has 0 fully saturated rings. The summed E-state index contributed by atoms with van der Waals surface area (Å²) >= 11 is 6.28. The largest absolute Gasteiger partial charge is 0.482 e. The summed E-state index contributed by atoms with van der Waals surface area (Å²) in [7, 11) is 1.61. The van der Waals surface area contributed by atoms with Crippen LogP contribution in [0.25, 0.3) is 11.0 Å². The van der Waals surface area contributed by atoms with E-state index < -0.39 is 5.63 Å². The number of hydrogen-bond acceptors (Lipinski definition) is 7. The molecule has 0 bridgehead atoms. The number of fused-ring (bicyclic) bond motifs is 1. The third-order valence-corrected chi connectivity index (χ3v) is 4.77. The van der Waals surface area contributed by atoms with E-state index in [1.165, 1.54) is 11.0 Å². The monoisotopic (exact) mass is 405 g/mol. The van der Waals surface area contributed by atoms with E-state index in [2.05, 4.69) is 10.1 Å². The second kappa shape index (κ2) is 8.02. The molecule has 9 heteroatoms. The minimum atomic E-state index is -0.416. The third kappa shape index (κ3) is 4.01. The molecule has 0 unspecified atom stereocenters. The first-order valence-corrected chi connectivity index (χ1v) is 9.09. The smallest absolute Gasteiger partial charge is 0.339 e. The van der Waals surface area contributed by atoms with Gasteiger partial charge in [-0.15, -0.1) is 0 Å². The molecule has 1 amide bonds. The van der Waals surface area contributed by atoms with Gasteiger partial charge in [-0.25, -0.2) is 4.79 Å². The van der Waals surface area contributed by atoms with Crippen LogP contribution < -0.4 is 10.4 Å². The first kappa shape index (κ1) is 19.9. The van der Waals surface area contributed by atoms with Crippen LogP contribution in [0.1, 0.15) is 29.8 Å². The lowest BCUT2D eigenvalue weighted by Crippen LogP contribution is -2.31. The molecule has 3 aromatic rings. The molecule has 1 aromatic carbocycles. The van der Waals surface area contributed by atoms with Gasteiger partial charge in [0.1, 0.15) is 11.3 Å². The number of likely N-dealkylation sites (N-methyl/N-ethyl adjacent to an activating group) is 1. The first-order chi connectivity index (χ1) is 13.3. The number of aryl methyl sites for hydroxylation is 2. The van der Waals surface area contributed by atoms with Crippen molar-refractivity contribution >= 4 is 28.5 Å². The van der Waals surface area contributed by atoms with Gasteiger partial charge in [-0.1, -0.05) is 23.7 Å². The second-order valence-corrected chi connectivity index (χ2v) is 6.82. The predicted octanol–water partition coefficient (Wildman–Crippen LogP) is 3.05. The van der Waals surface area contributed by atoms with Gasteiger partial charge in [0.25, 0.3) is 5.91 Å². The lowest BCUT2D eigenvalue weighted by Gasteiger charge is -2.16. The summed E-state index contributed by atoms with van der Waals surface area (Å²) in [5.41, 5.74) is 1.26. The molecule has 2 aromatic heterocycles. The maximum absolute atomic E-state index is 12.3. The summed E-state index contributed by atoms with van der Waals surface area (Å²) in [5.74, 6) is 0.904. The highest BCUT2D eigenvalue weighted by Crippen LogP contribution is 2.31. The van der Waals surface area contributed by atoms with Crippen molar-refractivity contribution < 1.29 is 18.5 Å². The van der Waals surface area contributed by atoms with Crippen LogP contribution in [0.2, 0.25) is 5.02 Å². The van der Waals surface area contributed by atoms with Crippen LogP contribution in [0.3, 0.4) is 0 Å². The summed E-state index contributed by atoms with van der Waals surface area (Å²) in [6.45, 7) is 5.38. The molecule has 0 aliphatic rings. The molecule has 0 N–H and O–H groups in total. The molecule has 0 spiro atoms. The van der Waals surface area contributed by atoms with Crippen LogP contribution >= 0.6 is 11.6 Å². The van der Waals surface area contributed by atoms with Crippen molar-refractivity contribution in [2.45, 2.75) is 33.7 Å². The number of nitrogens with zero attached hydrogens (tertiary/aromatic N) is 3. The van der Waals surface area contributed by atoms with Crippen molar-refractivity contribution in [2.24, 2.45) is 0 Å². The van der Waals surface area contributed by atoms with Gasteiger partial charge >= 0.3 is 5.63 Å². The number of hydrogen-bond donors (Lipinski definition) is 0. The SMILES string of the molecule is CCc1nc(CN(C)C(=O)COc2cc3oc(=O)c(C)c(C)c3cc2Cl)no1. The van der Waals surface area contributed by atoms with Crippen LogP contribution in [0.4, 0.5) is 0 Å². The highest BCUT2D eigenvalue weighted by molar-refractivity contribution is 6.32. The zero-order valence-corrected chi connectivity index (χ0v) is 16.8. The molecule has 8 nitrogen and oxygen atoms in total. The quantitative estimate of drug-likeness (QED) is 0.581. The Kier molecular flexibility index (Phi) is 5.69. The van der Waals surface area contributed by atoms with Gasteiger partial charge in [0.15, 0.2) is 12.4 Å². The van der Waals surface area contributed by atoms with Gasteiger partial charge in [0.2, 0.25) is 5.89 Å². The Bertz CT molecular complexity index is 1090. The summed E-state index contributed by atoms with van der Waals surface area (Å²) in [6.07, 6.45) is 0.628. The molecule has 0 saturated heterocycles. The molecule has 2 heterocycles. The number of benzene rings is 1. The van der Waals surface area contributed by atoms with Crippen molar-refractivity contribution in [3.63, 3.8) is 0 Å². The van der Waals surface area contributed by atoms with Gasteiger partial charge < -0.3 is 18.6 Å². The van der Waals surface area contributed by atoms with E-state index in [9.17, 15) is 9.59 Å². The fourth-order valence-electron chi connectivity index (χ4n) is 2.60. The van der Waals surface area contributed by atoms with Crippen LogP contribution in [0, 0.1) is 13.8 Å². The number of halogens is 1. The van der Waals surface area contributed by atoms with Crippen LogP contribution in [-0.4, -0.2) is 34.6 Å². The van der Waals surface area contributed by atoms with Gasteiger partial charge in [0.05, 0.1) is 11.6 Å². The number of amides is 1. The first-order valence-electron chi connectivity index (χ1n) is 8.72. The third-order valence-electron chi connectivity index (χ3n) is 4.48. The Morgan fingerprint density at radius 1 is 1.29 bits per heavy atom. The number of rotatable bonds is 6. The van der Waals surface area contributed by atoms with Gasteiger partial charge in [-0.3, -0.25) is 4.79 Å². The van der Waals surface area contributed by atoms with Gasteiger partial charge in [-0.2, -0.15) is 4.98 Å². The van der Waals surface area contributed by atoms with Crippen molar-refractivity contribution in [3.8, 4) is 5.75 Å². The van der Waals surface area contributed by atoms with Gasteiger partial charge in [0, 0.05) is 30.5 Å². The van der Waals surface area contributed by atoms with E-state index in [4.69, 9.17) is 25.3 Å². The van der Waals surface area contributed by atoms with Crippen LogP contribution in [-0.2, 0) is 17.8 Å². The molecule has 0 radical (unpaired) electrons. The highest BCUT2D eigenvalue weighted by Gasteiger charge is 2.16. The Labute approximate surface area is 166 Å². The zero-order valence-electron chi connectivity index (χ0n) is 16.0. The maximum atomic E-state index is 12.3. The minimum Gasteiger partial charge on any atom is -0.482 e. The van der Waals surface area contributed by atoms with E-state index >= 15 is 0 Å². The number of carbonyl (C=O) groups excluding carboxylic acids is 1. The Balaban J connectivity index is 1.71. The normalized spacial score (nSPS) is 11.0. The average molecular weight is 406 g/mol. The lowest BCUT2D eigenvalue weighted by atomic mass is 10.1. The molecule has 3 rings (SSSR count). The number of ether oxygens (including phenoxy) is 1. The Morgan fingerprint density at radius 2 is 2.04 bits per heavy atom. The molecule has 0 aliphatic heterocycles.